The third kappa shape index (κ3) is 3.30. The van der Waals surface area contributed by atoms with Gasteiger partial charge in [-0.2, -0.15) is 5.10 Å². The van der Waals surface area contributed by atoms with Gasteiger partial charge in [0.1, 0.15) is 0 Å². The molecular weight excluding hydrogens is 262 g/mol. The summed E-state index contributed by atoms with van der Waals surface area (Å²) >= 11 is 6.42. The van der Waals surface area contributed by atoms with E-state index in [1.165, 1.54) is 0 Å². The quantitative estimate of drug-likeness (QED) is 0.891. The van der Waals surface area contributed by atoms with Crippen LogP contribution in [0.1, 0.15) is 44.5 Å². The van der Waals surface area contributed by atoms with Crippen LogP contribution in [0.5, 0.6) is 0 Å². The molecule has 0 radical (unpaired) electrons. The van der Waals surface area contributed by atoms with Gasteiger partial charge in [-0.25, -0.2) is 0 Å². The third-order valence-corrected chi connectivity index (χ3v) is 4.39. The summed E-state index contributed by atoms with van der Waals surface area (Å²) in [5.41, 5.74) is 1.28. The summed E-state index contributed by atoms with van der Waals surface area (Å²) in [6, 6.07) is 0. The second-order valence-electron chi connectivity index (χ2n) is 5.38. The minimum atomic E-state index is -0.648. The van der Waals surface area contributed by atoms with Crippen molar-refractivity contribution in [2.75, 3.05) is 13.1 Å². The standard InChI is InChI=1S/C14H24ClN3O/c1-3-11-13(15)12(18(4-2)17-11)10-14(19)6-5-8-16-9-7-14/h16,19H,3-10H2,1-2H3. The predicted molar refractivity (Wildman–Crippen MR) is 77.7 cm³/mol. The Bertz CT molecular complexity index is 423. The number of hydrogen-bond donors (Lipinski definition) is 2. The molecule has 1 fully saturated rings. The van der Waals surface area contributed by atoms with Gasteiger partial charge in [0.2, 0.25) is 0 Å². The van der Waals surface area contributed by atoms with Crippen LogP contribution in [0.4, 0.5) is 0 Å². The second kappa shape index (κ2) is 6.25. The lowest BCUT2D eigenvalue weighted by atomic mass is 9.89. The summed E-state index contributed by atoms with van der Waals surface area (Å²) in [4.78, 5) is 0. The molecule has 1 atom stereocenters. The van der Waals surface area contributed by atoms with Crippen LogP contribution >= 0.6 is 11.6 Å². The van der Waals surface area contributed by atoms with Crippen molar-refractivity contribution >= 4 is 11.6 Å². The van der Waals surface area contributed by atoms with Gasteiger partial charge in [0, 0.05) is 13.0 Å². The maximum absolute atomic E-state index is 10.8. The van der Waals surface area contributed by atoms with E-state index in [9.17, 15) is 5.11 Å². The number of hydrogen-bond acceptors (Lipinski definition) is 3. The van der Waals surface area contributed by atoms with E-state index < -0.39 is 5.60 Å². The molecule has 108 valence electrons. The van der Waals surface area contributed by atoms with E-state index in [4.69, 9.17) is 11.6 Å². The monoisotopic (exact) mass is 285 g/mol. The predicted octanol–water partition coefficient (Wildman–Crippen LogP) is 2.17. The van der Waals surface area contributed by atoms with Crippen molar-refractivity contribution in [1.82, 2.24) is 15.1 Å². The van der Waals surface area contributed by atoms with E-state index >= 15 is 0 Å². The lowest BCUT2D eigenvalue weighted by Crippen LogP contribution is -2.33. The van der Waals surface area contributed by atoms with Gasteiger partial charge in [-0.3, -0.25) is 4.68 Å². The summed E-state index contributed by atoms with van der Waals surface area (Å²) in [6.45, 7) is 6.77. The van der Waals surface area contributed by atoms with Crippen molar-refractivity contribution < 1.29 is 5.11 Å². The minimum absolute atomic E-state index is 0.606. The van der Waals surface area contributed by atoms with Gasteiger partial charge < -0.3 is 10.4 Å². The zero-order valence-corrected chi connectivity index (χ0v) is 12.6. The summed E-state index contributed by atoms with van der Waals surface area (Å²) in [7, 11) is 0. The Labute approximate surface area is 120 Å². The van der Waals surface area contributed by atoms with Gasteiger partial charge in [0.25, 0.3) is 0 Å². The maximum atomic E-state index is 10.8. The Kier molecular flexibility index (Phi) is 4.87. The van der Waals surface area contributed by atoms with E-state index in [0.717, 1.165) is 61.7 Å². The van der Waals surface area contributed by atoms with Crippen molar-refractivity contribution in [1.29, 1.82) is 0 Å². The molecule has 1 saturated heterocycles. The number of rotatable bonds is 4. The lowest BCUT2D eigenvalue weighted by Gasteiger charge is -2.26. The van der Waals surface area contributed by atoms with E-state index in [1.54, 1.807) is 0 Å². The van der Waals surface area contributed by atoms with Crippen LogP contribution in [0.2, 0.25) is 5.02 Å². The number of aryl methyl sites for hydroxylation is 2. The molecule has 4 nitrogen and oxygen atoms in total. The highest BCUT2D eigenvalue weighted by Crippen LogP contribution is 2.30. The first kappa shape index (κ1) is 14.8. The van der Waals surface area contributed by atoms with Gasteiger partial charge in [-0.05, 0) is 45.7 Å². The van der Waals surface area contributed by atoms with Gasteiger partial charge >= 0.3 is 0 Å². The van der Waals surface area contributed by atoms with Crippen LogP contribution in [-0.4, -0.2) is 33.6 Å². The van der Waals surface area contributed by atoms with Crippen LogP contribution in [-0.2, 0) is 19.4 Å². The number of aliphatic hydroxyl groups is 1. The van der Waals surface area contributed by atoms with Crippen LogP contribution in [0.15, 0.2) is 0 Å². The molecule has 0 saturated carbocycles. The molecule has 0 aliphatic carbocycles. The fraction of sp³-hybridized carbons (Fsp3) is 0.786. The van der Waals surface area contributed by atoms with Crippen molar-refractivity contribution in [3.63, 3.8) is 0 Å². The molecule has 2 N–H and O–H groups in total. The number of nitrogens with one attached hydrogen (secondary N) is 1. The zero-order chi connectivity index (χ0) is 13.9. The Morgan fingerprint density at radius 3 is 2.84 bits per heavy atom. The largest absolute Gasteiger partial charge is 0.389 e. The molecule has 0 amide bonds. The molecule has 0 bridgehead atoms. The zero-order valence-electron chi connectivity index (χ0n) is 11.9. The molecule has 1 aliphatic rings. The van der Waals surface area contributed by atoms with Crippen LogP contribution in [0.25, 0.3) is 0 Å². The second-order valence-corrected chi connectivity index (χ2v) is 5.76. The maximum Gasteiger partial charge on any atom is 0.0850 e. The molecular formula is C14H24ClN3O. The SMILES string of the molecule is CCc1nn(CC)c(CC2(O)CCCNCC2)c1Cl. The Morgan fingerprint density at radius 2 is 2.16 bits per heavy atom. The molecule has 0 aromatic carbocycles. The van der Waals surface area contributed by atoms with Crippen molar-refractivity contribution in [2.24, 2.45) is 0 Å². The van der Waals surface area contributed by atoms with Crippen LogP contribution < -0.4 is 5.32 Å². The lowest BCUT2D eigenvalue weighted by molar-refractivity contribution is 0.0266. The first-order chi connectivity index (χ1) is 9.09. The van der Waals surface area contributed by atoms with Crippen LogP contribution in [0, 0.1) is 0 Å². The van der Waals surface area contributed by atoms with Crippen molar-refractivity contribution in [2.45, 2.75) is 58.1 Å². The van der Waals surface area contributed by atoms with E-state index in [0.29, 0.717) is 6.42 Å². The molecule has 1 unspecified atom stereocenters. The molecule has 1 aromatic rings. The normalized spacial score (nSPS) is 24.4. The first-order valence-corrected chi connectivity index (χ1v) is 7.64. The van der Waals surface area contributed by atoms with Gasteiger partial charge in [0.05, 0.1) is 22.0 Å². The molecule has 5 heteroatoms. The minimum Gasteiger partial charge on any atom is -0.389 e. The molecule has 19 heavy (non-hydrogen) atoms. The molecule has 2 rings (SSSR count). The van der Waals surface area contributed by atoms with Crippen molar-refractivity contribution in [3.8, 4) is 0 Å². The molecule has 2 heterocycles. The Hall–Kier alpha value is -0.580. The highest BCUT2D eigenvalue weighted by molar-refractivity contribution is 6.31. The molecule has 1 aromatic heterocycles. The summed E-state index contributed by atoms with van der Waals surface area (Å²) in [5.74, 6) is 0. The number of nitrogens with zero attached hydrogens (tertiary/aromatic N) is 2. The fourth-order valence-electron chi connectivity index (χ4n) is 2.79. The number of aromatic nitrogens is 2. The highest BCUT2D eigenvalue weighted by atomic mass is 35.5. The van der Waals surface area contributed by atoms with E-state index in [-0.39, 0.29) is 0 Å². The van der Waals surface area contributed by atoms with Gasteiger partial charge in [0.15, 0.2) is 0 Å². The Balaban J connectivity index is 2.23. The smallest absolute Gasteiger partial charge is 0.0850 e. The topological polar surface area (TPSA) is 50.1 Å². The Morgan fingerprint density at radius 1 is 1.37 bits per heavy atom. The fourth-order valence-corrected chi connectivity index (χ4v) is 3.12. The molecule has 1 aliphatic heterocycles. The van der Waals surface area contributed by atoms with Crippen LogP contribution in [0.3, 0.4) is 0 Å². The number of halogens is 1. The van der Waals surface area contributed by atoms with E-state index in [1.807, 2.05) is 4.68 Å². The van der Waals surface area contributed by atoms with Gasteiger partial charge in [-0.1, -0.05) is 18.5 Å². The summed E-state index contributed by atoms with van der Waals surface area (Å²) in [5, 5.41) is 19.4. The summed E-state index contributed by atoms with van der Waals surface area (Å²) in [6.07, 6.45) is 4.05. The average Bonchev–Trinajstić information content (AvgIpc) is 2.57. The van der Waals surface area contributed by atoms with Crippen molar-refractivity contribution in [3.05, 3.63) is 16.4 Å². The first-order valence-electron chi connectivity index (χ1n) is 7.27. The molecule has 0 spiro atoms. The summed E-state index contributed by atoms with van der Waals surface area (Å²) < 4.78 is 1.94. The average molecular weight is 286 g/mol. The van der Waals surface area contributed by atoms with E-state index in [2.05, 4.69) is 24.3 Å². The highest BCUT2D eigenvalue weighted by Gasteiger charge is 2.31. The van der Waals surface area contributed by atoms with Gasteiger partial charge in [-0.15, -0.1) is 0 Å². The third-order valence-electron chi connectivity index (χ3n) is 3.95.